The van der Waals surface area contributed by atoms with Gasteiger partial charge < -0.3 is 0 Å². The molecular weight excluding hydrogens is 447 g/mol. The average molecular weight is 465 g/mol. The molecule has 0 unspecified atom stereocenters. The molecule has 0 amide bonds. The monoisotopic (exact) mass is 462 g/mol. The predicted molar refractivity (Wildman–Crippen MR) is 106 cm³/mol. The van der Waals surface area contributed by atoms with Gasteiger partial charge in [0.25, 0.3) is 0 Å². The van der Waals surface area contributed by atoms with Crippen molar-refractivity contribution in [2.45, 2.75) is 25.7 Å². The van der Waals surface area contributed by atoms with E-state index in [4.69, 9.17) is 23.2 Å². The Bertz CT molecular complexity index is 626. The van der Waals surface area contributed by atoms with Gasteiger partial charge in [-0.1, -0.05) is 61.7 Å². The van der Waals surface area contributed by atoms with Gasteiger partial charge in [0.2, 0.25) is 0 Å². The Hall–Kier alpha value is -0.0200. The Labute approximate surface area is 159 Å². The lowest BCUT2D eigenvalue weighted by molar-refractivity contribution is 0.806. The summed E-state index contributed by atoms with van der Waals surface area (Å²) in [5.74, 6) is 0.640. The number of unbranched alkanes of at least 4 members (excludes halogenated alkanes) is 1. The number of hydrogen-bond donors (Lipinski definition) is 0. The van der Waals surface area contributed by atoms with E-state index < -0.39 is 0 Å². The third-order valence-corrected chi connectivity index (χ3v) is 5.16. The van der Waals surface area contributed by atoms with Crippen molar-refractivity contribution in [3.63, 3.8) is 0 Å². The summed E-state index contributed by atoms with van der Waals surface area (Å²) < 4.78 is 1.09. The lowest BCUT2D eigenvalue weighted by Gasteiger charge is -2.10. The first-order valence-electron chi connectivity index (χ1n) is 7.34. The SMILES string of the molecule is ClCCc1ccc(-c2cc(Cl)cc(CCCCBr)c2)c(Br)c1. The Morgan fingerprint density at radius 2 is 1.73 bits per heavy atom. The van der Waals surface area contributed by atoms with E-state index in [1.165, 1.54) is 29.5 Å². The van der Waals surface area contributed by atoms with Crippen molar-refractivity contribution in [2.24, 2.45) is 0 Å². The van der Waals surface area contributed by atoms with Crippen molar-refractivity contribution >= 4 is 55.1 Å². The van der Waals surface area contributed by atoms with Crippen LogP contribution < -0.4 is 0 Å². The summed E-state index contributed by atoms with van der Waals surface area (Å²) in [7, 11) is 0. The van der Waals surface area contributed by atoms with Crippen LogP contribution >= 0.6 is 55.1 Å². The predicted octanol–water partition coefficient (Wildman–Crippen LogP) is 7.27. The summed E-state index contributed by atoms with van der Waals surface area (Å²) in [5.41, 5.74) is 4.86. The van der Waals surface area contributed by atoms with Crippen molar-refractivity contribution in [3.8, 4) is 11.1 Å². The second kappa shape index (κ2) is 9.32. The minimum absolute atomic E-state index is 0.640. The molecule has 0 saturated carbocycles. The van der Waals surface area contributed by atoms with E-state index in [9.17, 15) is 0 Å². The smallest absolute Gasteiger partial charge is 0.0414 e. The van der Waals surface area contributed by atoms with Crippen LogP contribution in [0.4, 0.5) is 0 Å². The molecule has 0 N–H and O–H groups in total. The van der Waals surface area contributed by atoms with E-state index in [2.05, 4.69) is 62.2 Å². The molecule has 0 aliphatic heterocycles. The highest BCUT2D eigenvalue weighted by atomic mass is 79.9. The number of aryl methyl sites for hydroxylation is 2. The number of hydrogen-bond acceptors (Lipinski definition) is 0. The van der Waals surface area contributed by atoms with E-state index in [-0.39, 0.29) is 0 Å². The summed E-state index contributed by atoms with van der Waals surface area (Å²) in [4.78, 5) is 0. The van der Waals surface area contributed by atoms with Crippen LogP contribution in [0.1, 0.15) is 24.0 Å². The van der Waals surface area contributed by atoms with Crippen LogP contribution in [-0.2, 0) is 12.8 Å². The molecule has 0 aliphatic rings. The van der Waals surface area contributed by atoms with E-state index in [0.29, 0.717) is 5.88 Å². The van der Waals surface area contributed by atoms with Crippen molar-refractivity contribution in [3.05, 3.63) is 57.0 Å². The van der Waals surface area contributed by atoms with Gasteiger partial charge >= 0.3 is 0 Å². The van der Waals surface area contributed by atoms with Gasteiger partial charge in [0.1, 0.15) is 0 Å². The zero-order valence-electron chi connectivity index (χ0n) is 12.2. The molecule has 0 radical (unpaired) electrons. The molecular formula is C18H18Br2Cl2. The normalized spacial score (nSPS) is 10.9. The molecule has 118 valence electrons. The lowest BCUT2D eigenvalue weighted by atomic mass is 9.99. The fourth-order valence-corrected chi connectivity index (χ4v) is 3.96. The van der Waals surface area contributed by atoms with Crippen LogP contribution in [0.2, 0.25) is 5.02 Å². The van der Waals surface area contributed by atoms with Gasteiger partial charge in [-0.3, -0.25) is 0 Å². The summed E-state index contributed by atoms with van der Waals surface area (Å²) in [6.45, 7) is 0. The maximum Gasteiger partial charge on any atom is 0.0414 e. The second-order valence-corrected chi connectivity index (χ2v) is 7.71. The zero-order valence-corrected chi connectivity index (χ0v) is 16.9. The Morgan fingerprint density at radius 3 is 2.41 bits per heavy atom. The van der Waals surface area contributed by atoms with Gasteiger partial charge in [-0.25, -0.2) is 0 Å². The van der Waals surface area contributed by atoms with E-state index in [1.807, 2.05) is 6.07 Å². The highest BCUT2D eigenvalue weighted by Gasteiger charge is 2.07. The minimum atomic E-state index is 0.640. The first kappa shape index (κ1) is 18.3. The molecule has 2 rings (SSSR count). The van der Waals surface area contributed by atoms with Gasteiger partial charge in [-0.05, 0) is 66.1 Å². The molecule has 0 aliphatic carbocycles. The molecule has 0 fully saturated rings. The first-order valence-corrected chi connectivity index (χ1v) is 10.2. The van der Waals surface area contributed by atoms with Crippen molar-refractivity contribution in [1.29, 1.82) is 0 Å². The Morgan fingerprint density at radius 1 is 0.909 bits per heavy atom. The van der Waals surface area contributed by atoms with Crippen molar-refractivity contribution in [2.75, 3.05) is 11.2 Å². The fraction of sp³-hybridized carbons (Fsp3) is 0.333. The van der Waals surface area contributed by atoms with Gasteiger partial charge in [-0.2, -0.15) is 0 Å². The van der Waals surface area contributed by atoms with Gasteiger partial charge in [0.05, 0.1) is 0 Å². The quantitative estimate of drug-likeness (QED) is 0.298. The van der Waals surface area contributed by atoms with Gasteiger partial charge in [0, 0.05) is 20.7 Å². The first-order chi connectivity index (χ1) is 10.6. The fourth-order valence-electron chi connectivity index (χ4n) is 2.43. The van der Waals surface area contributed by atoms with Crippen LogP contribution in [0.15, 0.2) is 40.9 Å². The summed E-state index contributed by atoms with van der Waals surface area (Å²) in [5, 5.41) is 1.84. The molecule has 0 atom stereocenters. The number of benzene rings is 2. The van der Waals surface area contributed by atoms with E-state index in [1.54, 1.807) is 0 Å². The summed E-state index contributed by atoms with van der Waals surface area (Å²) in [6, 6.07) is 12.7. The van der Waals surface area contributed by atoms with Crippen molar-refractivity contribution < 1.29 is 0 Å². The highest BCUT2D eigenvalue weighted by molar-refractivity contribution is 9.10. The molecule has 22 heavy (non-hydrogen) atoms. The van der Waals surface area contributed by atoms with Crippen LogP contribution in [0.25, 0.3) is 11.1 Å². The summed E-state index contributed by atoms with van der Waals surface area (Å²) >= 11 is 19.3. The van der Waals surface area contributed by atoms with Crippen LogP contribution in [-0.4, -0.2) is 11.2 Å². The molecule has 0 nitrogen and oxygen atoms in total. The highest BCUT2D eigenvalue weighted by Crippen LogP contribution is 2.32. The maximum absolute atomic E-state index is 6.30. The molecule has 2 aromatic rings. The third kappa shape index (κ3) is 5.26. The largest absolute Gasteiger partial charge is 0.126 e. The van der Waals surface area contributed by atoms with E-state index in [0.717, 1.165) is 33.2 Å². The standard InChI is InChI=1S/C18H18Br2Cl2/c19-7-2-1-3-14-9-15(12-16(22)10-14)17-5-4-13(6-8-21)11-18(17)20/h4-5,9-12H,1-3,6-8H2. The average Bonchev–Trinajstić information content (AvgIpc) is 2.47. The van der Waals surface area contributed by atoms with Gasteiger partial charge in [-0.15, -0.1) is 11.6 Å². The van der Waals surface area contributed by atoms with Crippen molar-refractivity contribution in [1.82, 2.24) is 0 Å². The maximum atomic E-state index is 6.30. The Kier molecular flexibility index (Phi) is 7.76. The Balaban J connectivity index is 2.27. The molecule has 0 heterocycles. The topological polar surface area (TPSA) is 0 Å². The molecule has 0 spiro atoms. The second-order valence-electron chi connectivity index (χ2n) is 5.25. The number of alkyl halides is 2. The van der Waals surface area contributed by atoms with E-state index >= 15 is 0 Å². The van der Waals surface area contributed by atoms with Crippen LogP contribution in [0, 0.1) is 0 Å². The lowest BCUT2D eigenvalue weighted by Crippen LogP contribution is -1.91. The van der Waals surface area contributed by atoms with Crippen LogP contribution in [0.3, 0.4) is 0 Å². The molecule has 4 heteroatoms. The molecule has 2 aromatic carbocycles. The van der Waals surface area contributed by atoms with Crippen LogP contribution in [0.5, 0.6) is 0 Å². The molecule has 0 saturated heterocycles. The number of rotatable bonds is 7. The summed E-state index contributed by atoms with van der Waals surface area (Å²) in [6.07, 6.45) is 4.29. The number of halogens is 4. The minimum Gasteiger partial charge on any atom is -0.126 e. The third-order valence-electron chi connectivity index (χ3n) is 3.53. The molecule has 0 bridgehead atoms. The van der Waals surface area contributed by atoms with Gasteiger partial charge in [0.15, 0.2) is 0 Å². The zero-order chi connectivity index (χ0) is 15.9. The molecule has 0 aromatic heterocycles.